The number of nitrogens with one attached hydrogen (secondary N) is 2. The van der Waals surface area contributed by atoms with Gasteiger partial charge in [-0.2, -0.15) is 0 Å². The summed E-state index contributed by atoms with van der Waals surface area (Å²) in [6.45, 7) is 0. The summed E-state index contributed by atoms with van der Waals surface area (Å²) in [4.78, 5) is 10.4. The van der Waals surface area contributed by atoms with Crippen LogP contribution in [-0.2, 0) is 25.9 Å². The number of rotatable bonds is 3. The van der Waals surface area contributed by atoms with Gasteiger partial charge in [-0.05, 0) is 17.4 Å². The number of hydrogen-bond acceptors (Lipinski definition) is 3. The zero-order valence-corrected chi connectivity index (χ0v) is 10.5. The minimum Gasteiger partial charge on any atom is -0.398 e. The minimum atomic E-state index is 0. The number of hydrogen-bond donors (Lipinski definition) is 2. The third-order valence-corrected chi connectivity index (χ3v) is 1.63. The Hall–Kier alpha value is -0.822. The van der Waals surface area contributed by atoms with Crippen LogP contribution >= 0.6 is 0 Å². The molecule has 0 fully saturated rings. The molecule has 0 unspecified atom stereocenters. The average Bonchev–Trinajstić information content (AvgIpc) is 2.16. The van der Waals surface area contributed by atoms with Gasteiger partial charge in [0.1, 0.15) is 0 Å². The van der Waals surface area contributed by atoms with E-state index in [4.69, 9.17) is 0 Å². The Balaban J connectivity index is 0.00000144. The molecular formula is C9H11N2OW-. The Labute approximate surface area is 92.2 Å². The van der Waals surface area contributed by atoms with E-state index in [9.17, 15) is 4.79 Å². The van der Waals surface area contributed by atoms with Crippen molar-refractivity contribution >= 4 is 17.7 Å². The van der Waals surface area contributed by atoms with E-state index < -0.39 is 0 Å². The summed E-state index contributed by atoms with van der Waals surface area (Å²) in [6, 6.07) is 5.41. The van der Waals surface area contributed by atoms with Gasteiger partial charge in [0.05, 0.1) is 6.29 Å². The number of anilines is 2. The van der Waals surface area contributed by atoms with Crippen molar-refractivity contribution in [3.8, 4) is 0 Å². The van der Waals surface area contributed by atoms with Crippen LogP contribution < -0.4 is 10.6 Å². The first-order valence-corrected chi connectivity index (χ1v) is 3.69. The standard InChI is InChI=1S/C9H11N2O.W/c1-10-8-3-7(6-12)4-9(5-8)11-2;/h3-5,10-11H,1-2H3;/q-1;. The molecule has 0 heterocycles. The van der Waals surface area contributed by atoms with Crippen LogP contribution in [0.15, 0.2) is 18.2 Å². The molecule has 0 bridgehead atoms. The van der Waals surface area contributed by atoms with E-state index in [1.807, 2.05) is 26.4 Å². The van der Waals surface area contributed by atoms with Gasteiger partial charge in [-0.1, -0.05) is 0 Å². The molecule has 1 rings (SSSR count). The Kier molecular flexibility index (Phi) is 5.40. The quantitative estimate of drug-likeness (QED) is 0.809. The smallest absolute Gasteiger partial charge is 0.0628 e. The fraction of sp³-hybridized carbons (Fsp3) is 0.222. The van der Waals surface area contributed by atoms with Crippen LogP contribution in [0.2, 0.25) is 0 Å². The van der Waals surface area contributed by atoms with Crippen molar-refractivity contribution in [3.63, 3.8) is 0 Å². The van der Waals surface area contributed by atoms with Crippen LogP contribution in [0, 0.1) is 0 Å². The summed E-state index contributed by atoms with van der Waals surface area (Å²) < 4.78 is 0. The Bertz CT molecular complexity index is 267. The predicted octanol–water partition coefficient (Wildman–Crippen LogP) is 1.23. The molecule has 0 aliphatic heterocycles. The molecule has 1 aromatic rings. The second kappa shape index (κ2) is 5.76. The SMILES string of the molecule is CNc1cc([C-]=O)cc(NC)c1.[W]. The molecule has 3 nitrogen and oxygen atoms in total. The average molecular weight is 347 g/mol. The van der Waals surface area contributed by atoms with Gasteiger partial charge in [0.25, 0.3) is 0 Å². The van der Waals surface area contributed by atoms with E-state index in [0.717, 1.165) is 11.4 Å². The molecule has 0 spiro atoms. The minimum absolute atomic E-state index is 0. The van der Waals surface area contributed by atoms with E-state index in [1.165, 1.54) is 0 Å². The topological polar surface area (TPSA) is 41.1 Å². The van der Waals surface area contributed by atoms with Crippen LogP contribution in [0.1, 0.15) is 5.56 Å². The molecule has 2 N–H and O–H groups in total. The third kappa shape index (κ3) is 3.19. The van der Waals surface area contributed by atoms with Crippen molar-refractivity contribution < 1.29 is 25.9 Å². The van der Waals surface area contributed by atoms with Crippen molar-refractivity contribution in [2.24, 2.45) is 0 Å². The van der Waals surface area contributed by atoms with E-state index in [0.29, 0.717) is 5.56 Å². The zero-order chi connectivity index (χ0) is 8.97. The summed E-state index contributed by atoms with van der Waals surface area (Å²) in [5.74, 6) is 0. The molecule has 0 aromatic heterocycles. The van der Waals surface area contributed by atoms with Gasteiger partial charge in [0.2, 0.25) is 0 Å². The van der Waals surface area contributed by atoms with E-state index in [1.54, 1.807) is 12.1 Å². The van der Waals surface area contributed by atoms with Gasteiger partial charge in [-0.15, -0.1) is 17.7 Å². The maximum absolute atomic E-state index is 10.4. The fourth-order valence-electron chi connectivity index (χ4n) is 0.975. The maximum atomic E-state index is 10.4. The van der Waals surface area contributed by atoms with Crippen molar-refractivity contribution in [2.75, 3.05) is 24.7 Å². The molecule has 0 atom stereocenters. The van der Waals surface area contributed by atoms with Gasteiger partial charge in [0.15, 0.2) is 0 Å². The van der Waals surface area contributed by atoms with Gasteiger partial charge in [-0.3, -0.25) is 0 Å². The van der Waals surface area contributed by atoms with Crippen LogP contribution in [-0.4, -0.2) is 20.4 Å². The summed E-state index contributed by atoms with van der Waals surface area (Å²) in [6.07, 6.45) is 1.85. The predicted molar refractivity (Wildman–Crippen MR) is 50.3 cm³/mol. The zero-order valence-electron chi connectivity index (χ0n) is 7.55. The molecule has 0 amide bonds. The molecule has 0 saturated heterocycles. The van der Waals surface area contributed by atoms with Crippen molar-refractivity contribution in [2.45, 2.75) is 0 Å². The van der Waals surface area contributed by atoms with E-state index in [2.05, 4.69) is 10.6 Å². The van der Waals surface area contributed by atoms with E-state index in [-0.39, 0.29) is 21.1 Å². The Morgan fingerprint density at radius 3 is 1.85 bits per heavy atom. The summed E-state index contributed by atoms with van der Waals surface area (Å²) >= 11 is 0. The molecule has 70 valence electrons. The van der Waals surface area contributed by atoms with Crippen LogP contribution in [0.25, 0.3) is 0 Å². The van der Waals surface area contributed by atoms with Crippen LogP contribution in [0.4, 0.5) is 11.4 Å². The second-order valence-corrected chi connectivity index (χ2v) is 2.40. The first-order chi connectivity index (χ1) is 5.80. The molecule has 0 aliphatic carbocycles. The number of carbonyl (C=O) groups excluding carboxylic acids is 1. The van der Waals surface area contributed by atoms with Crippen LogP contribution in [0.5, 0.6) is 0 Å². The van der Waals surface area contributed by atoms with Crippen molar-refractivity contribution in [1.29, 1.82) is 0 Å². The summed E-state index contributed by atoms with van der Waals surface area (Å²) in [7, 11) is 3.62. The van der Waals surface area contributed by atoms with Crippen molar-refractivity contribution in [3.05, 3.63) is 23.8 Å². The van der Waals surface area contributed by atoms with Gasteiger partial charge >= 0.3 is 0 Å². The molecule has 4 heteroatoms. The normalized spacial score (nSPS) is 8.46. The first kappa shape index (κ1) is 12.2. The molecule has 1 aromatic carbocycles. The molecule has 13 heavy (non-hydrogen) atoms. The maximum Gasteiger partial charge on any atom is 0.0628 e. The van der Waals surface area contributed by atoms with E-state index >= 15 is 0 Å². The summed E-state index contributed by atoms with van der Waals surface area (Å²) in [5, 5.41) is 5.92. The van der Waals surface area contributed by atoms with Gasteiger partial charge < -0.3 is 15.4 Å². The van der Waals surface area contributed by atoms with Gasteiger partial charge in [-0.25, -0.2) is 0 Å². The summed E-state index contributed by atoms with van der Waals surface area (Å²) in [5.41, 5.74) is 2.35. The van der Waals surface area contributed by atoms with Gasteiger partial charge in [0, 0.05) is 35.2 Å². The van der Waals surface area contributed by atoms with Crippen molar-refractivity contribution in [1.82, 2.24) is 0 Å². The van der Waals surface area contributed by atoms with Crippen LogP contribution in [0.3, 0.4) is 0 Å². The largest absolute Gasteiger partial charge is 0.398 e. The second-order valence-electron chi connectivity index (χ2n) is 2.40. The Morgan fingerprint density at radius 2 is 1.54 bits per heavy atom. The molecule has 0 saturated carbocycles. The third-order valence-electron chi connectivity index (χ3n) is 1.63. The molecular weight excluding hydrogens is 336 g/mol. The number of benzene rings is 1. The molecule has 0 aliphatic rings. The first-order valence-electron chi connectivity index (χ1n) is 3.69. The fourth-order valence-corrected chi connectivity index (χ4v) is 0.975. The molecule has 0 radical (unpaired) electrons. The monoisotopic (exact) mass is 347 g/mol. The Morgan fingerprint density at radius 1 is 1.08 bits per heavy atom.